The molecule has 0 atom stereocenters. The zero-order valence-corrected chi connectivity index (χ0v) is 18.7. The summed E-state index contributed by atoms with van der Waals surface area (Å²) in [5, 5.41) is 6.87. The lowest BCUT2D eigenvalue weighted by Crippen LogP contribution is -2.46. The number of benzene rings is 1. The Morgan fingerprint density at radius 3 is 2.50 bits per heavy atom. The lowest BCUT2D eigenvalue weighted by Gasteiger charge is -2.34. The molecule has 146 valence electrons. The van der Waals surface area contributed by atoms with Crippen LogP contribution in [0.3, 0.4) is 0 Å². The highest BCUT2D eigenvalue weighted by Gasteiger charge is 2.22. The van der Waals surface area contributed by atoms with E-state index in [0.29, 0.717) is 12.3 Å². The Hall–Kier alpha value is -1.02. The third-order valence-electron chi connectivity index (χ3n) is 4.58. The third kappa shape index (κ3) is 7.70. The van der Waals surface area contributed by atoms with Crippen LogP contribution in [0, 0.1) is 5.92 Å². The minimum atomic E-state index is 0. The normalized spacial score (nSPS) is 15.3. The van der Waals surface area contributed by atoms with Crippen molar-refractivity contribution < 1.29 is 4.79 Å². The zero-order valence-electron chi connectivity index (χ0n) is 15.6. The van der Waals surface area contributed by atoms with Gasteiger partial charge in [0.2, 0.25) is 5.91 Å². The summed E-state index contributed by atoms with van der Waals surface area (Å²) in [7, 11) is 1.70. The van der Waals surface area contributed by atoms with E-state index in [1.807, 2.05) is 12.1 Å². The number of nitrogens with one attached hydrogen (secondary N) is 2. The highest BCUT2D eigenvalue weighted by molar-refractivity contribution is 14.0. The molecule has 7 heteroatoms. The van der Waals surface area contributed by atoms with Gasteiger partial charge in [-0.15, -0.1) is 24.0 Å². The smallest absolute Gasteiger partial charge is 0.220 e. The number of nitrogens with zero attached hydrogens (tertiary/aromatic N) is 2. The molecule has 26 heavy (non-hydrogen) atoms. The van der Waals surface area contributed by atoms with Crippen molar-refractivity contribution in [1.29, 1.82) is 0 Å². The lowest BCUT2D eigenvalue weighted by molar-refractivity contribution is -0.121. The van der Waals surface area contributed by atoms with Crippen molar-refractivity contribution in [1.82, 2.24) is 15.5 Å². The molecule has 1 aromatic carbocycles. The quantitative estimate of drug-likeness (QED) is 0.364. The number of aliphatic imine (C=N–C) groups is 1. The van der Waals surface area contributed by atoms with Gasteiger partial charge in [0.25, 0.3) is 0 Å². The Kier molecular flexibility index (Phi) is 11.0. The third-order valence-corrected chi connectivity index (χ3v) is 4.83. The Balaban J connectivity index is 0.00000338. The minimum absolute atomic E-state index is 0. The number of guanidine groups is 1. The van der Waals surface area contributed by atoms with Gasteiger partial charge in [-0.2, -0.15) is 0 Å². The molecule has 1 fully saturated rings. The Labute approximate surface area is 179 Å². The van der Waals surface area contributed by atoms with Crippen molar-refractivity contribution >= 4 is 47.4 Å². The van der Waals surface area contributed by atoms with Crippen molar-refractivity contribution in [2.24, 2.45) is 10.9 Å². The Morgan fingerprint density at radius 2 is 1.92 bits per heavy atom. The zero-order chi connectivity index (χ0) is 18.1. The summed E-state index contributed by atoms with van der Waals surface area (Å²) in [6.45, 7) is 5.61. The molecular weight excluding hydrogens is 463 g/mol. The number of likely N-dealkylation sites (tertiary alicyclic amines) is 1. The van der Waals surface area contributed by atoms with Crippen LogP contribution in [-0.4, -0.2) is 50.0 Å². The first-order valence-electron chi connectivity index (χ1n) is 9.10. The number of amides is 1. The maximum Gasteiger partial charge on any atom is 0.220 e. The van der Waals surface area contributed by atoms with E-state index >= 15 is 0 Å². The summed E-state index contributed by atoms with van der Waals surface area (Å²) in [6, 6.07) is 7.94. The van der Waals surface area contributed by atoms with Crippen LogP contribution in [-0.2, 0) is 11.2 Å². The molecule has 1 aliphatic heterocycles. The lowest BCUT2D eigenvalue weighted by atomic mass is 9.93. The Bertz CT molecular complexity index is 571. The van der Waals surface area contributed by atoms with Crippen LogP contribution >= 0.6 is 35.6 Å². The van der Waals surface area contributed by atoms with E-state index in [1.165, 1.54) is 5.56 Å². The average Bonchev–Trinajstić information content (AvgIpc) is 2.63. The summed E-state index contributed by atoms with van der Waals surface area (Å²) >= 11 is 5.92. The van der Waals surface area contributed by atoms with Crippen LogP contribution in [0.4, 0.5) is 0 Å². The summed E-state index contributed by atoms with van der Waals surface area (Å²) in [5.41, 5.74) is 1.24. The number of hydrogen-bond donors (Lipinski definition) is 2. The molecule has 2 N–H and O–H groups in total. The number of piperidine rings is 1. The predicted molar refractivity (Wildman–Crippen MR) is 120 cm³/mol. The fourth-order valence-corrected chi connectivity index (χ4v) is 3.21. The van der Waals surface area contributed by atoms with E-state index in [9.17, 15) is 4.79 Å². The maximum absolute atomic E-state index is 11.5. The van der Waals surface area contributed by atoms with Gasteiger partial charge in [-0.25, -0.2) is 0 Å². The number of halogens is 2. The van der Waals surface area contributed by atoms with Crippen LogP contribution in [0.1, 0.15) is 31.7 Å². The predicted octanol–water partition coefficient (Wildman–Crippen LogP) is 3.31. The fourth-order valence-electron chi connectivity index (χ4n) is 3.08. The van der Waals surface area contributed by atoms with Gasteiger partial charge >= 0.3 is 0 Å². The highest BCUT2D eigenvalue weighted by atomic mass is 127. The van der Waals surface area contributed by atoms with E-state index < -0.39 is 0 Å². The highest BCUT2D eigenvalue weighted by Crippen LogP contribution is 2.20. The van der Waals surface area contributed by atoms with Gasteiger partial charge in [-0.1, -0.05) is 23.7 Å². The second kappa shape index (κ2) is 12.4. The van der Waals surface area contributed by atoms with Gasteiger partial charge in [-0.05, 0) is 49.8 Å². The van der Waals surface area contributed by atoms with Gasteiger partial charge in [0.1, 0.15) is 0 Å². The summed E-state index contributed by atoms with van der Waals surface area (Å²) < 4.78 is 0. The summed E-state index contributed by atoms with van der Waals surface area (Å²) in [6.07, 6.45) is 3.61. The number of hydrogen-bond acceptors (Lipinski definition) is 2. The average molecular weight is 493 g/mol. The molecule has 0 radical (unpaired) electrons. The first-order valence-corrected chi connectivity index (χ1v) is 9.48. The molecular formula is C19H30ClIN4O. The maximum atomic E-state index is 11.5. The molecule has 0 unspecified atom stereocenters. The second-order valence-electron chi connectivity index (χ2n) is 6.42. The molecule has 0 bridgehead atoms. The molecule has 0 aliphatic carbocycles. The van der Waals surface area contributed by atoms with E-state index in [-0.39, 0.29) is 29.9 Å². The molecule has 1 saturated heterocycles. The second-order valence-corrected chi connectivity index (χ2v) is 6.86. The van der Waals surface area contributed by atoms with Crippen molar-refractivity contribution in [3.05, 3.63) is 34.9 Å². The SMILES string of the molecule is CCNC(=NCCc1ccc(Cl)cc1)N1CCC(CC(=O)NC)CC1.I. The monoisotopic (exact) mass is 492 g/mol. The van der Waals surface area contributed by atoms with Crippen LogP contribution in [0.25, 0.3) is 0 Å². The molecule has 1 aliphatic rings. The first kappa shape index (κ1) is 23.0. The molecule has 0 spiro atoms. The molecule has 5 nitrogen and oxygen atoms in total. The first-order chi connectivity index (χ1) is 12.1. The van der Waals surface area contributed by atoms with Crippen molar-refractivity contribution in [3.63, 3.8) is 0 Å². The molecule has 1 aromatic rings. The van der Waals surface area contributed by atoms with Crippen molar-refractivity contribution in [2.75, 3.05) is 33.2 Å². The number of carbonyl (C=O) groups excluding carboxylic acids is 1. The number of rotatable bonds is 6. The van der Waals surface area contributed by atoms with E-state index in [4.69, 9.17) is 16.6 Å². The summed E-state index contributed by atoms with van der Waals surface area (Å²) in [5.74, 6) is 1.60. The largest absolute Gasteiger partial charge is 0.359 e. The van der Waals surface area contributed by atoms with Gasteiger partial charge in [0.15, 0.2) is 5.96 Å². The van der Waals surface area contributed by atoms with Crippen molar-refractivity contribution in [2.45, 2.75) is 32.6 Å². The molecule has 0 saturated carbocycles. The van der Waals surface area contributed by atoms with E-state index in [1.54, 1.807) is 7.05 Å². The Morgan fingerprint density at radius 1 is 1.27 bits per heavy atom. The minimum Gasteiger partial charge on any atom is -0.359 e. The van der Waals surface area contributed by atoms with Gasteiger partial charge in [0.05, 0.1) is 0 Å². The van der Waals surface area contributed by atoms with Gasteiger partial charge in [0, 0.05) is 44.7 Å². The molecule has 0 aromatic heterocycles. The van der Waals surface area contributed by atoms with Crippen molar-refractivity contribution in [3.8, 4) is 0 Å². The van der Waals surface area contributed by atoms with E-state index in [2.05, 4.69) is 34.6 Å². The standard InChI is InChI=1S/C19H29ClN4O.HI/c1-3-22-19(23-11-8-15-4-6-17(20)7-5-15)24-12-9-16(10-13-24)14-18(25)21-2;/h4-7,16H,3,8-14H2,1-2H3,(H,21,25)(H,22,23);1H. The van der Waals surface area contributed by atoms with Gasteiger partial charge < -0.3 is 15.5 Å². The summed E-state index contributed by atoms with van der Waals surface area (Å²) in [4.78, 5) is 18.6. The molecule has 2 rings (SSSR count). The van der Waals surface area contributed by atoms with E-state index in [0.717, 1.165) is 56.4 Å². The molecule has 1 heterocycles. The molecule has 1 amide bonds. The van der Waals surface area contributed by atoms with Crippen LogP contribution in [0.2, 0.25) is 5.02 Å². The van der Waals surface area contributed by atoms with Crippen LogP contribution in [0.15, 0.2) is 29.3 Å². The fraction of sp³-hybridized carbons (Fsp3) is 0.579. The number of carbonyl (C=O) groups is 1. The topological polar surface area (TPSA) is 56.7 Å². The van der Waals surface area contributed by atoms with Crippen LogP contribution in [0.5, 0.6) is 0 Å². The van der Waals surface area contributed by atoms with Gasteiger partial charge in [-0.3, -0.25) is 9.79 Å². The van der Waals surface area contributed by atoms with Crippen LogP contribution < -0.4 is 10.6 Å².